The van der Waals surface area contributed by atoms with Gasteiger partial charge in [0.15, 0.2) is 29.3 Å². The Hall–Kier alpha value is -2.17. The first-order chi connectivity index (χ1) is 17.3. The molecule has 19 heteroatoms. The molecule has 5 unspecified atom stereocenters. The molecular weight excluding hydrogens is 560 g/mol. The third kappa shape index (κ3) is 5.81. The molecule has 0 radical (unpaired) electrons. The zero-order valence-electron chi connectivity index (χ0n) is 18.5. The smallest absolute Gasteiger partial charge is 0.383 e. The fourth-order valence-corrected chi connectivity index (χ4v) is 5.05. The summed E-state index contributed by atoms with van der Waals surface area (Å²) in [5.41, 5.74) is 1.07. The summed E-state index contributed by atoms with van der Waals surface area (Å²) >= 11 is 6.06. The number of nitrogens with zero attached hydrogens (tertiary/aromatic N) is 4. The fraction of sp³-hybridized carbons (Fsp3) is 0.389. The van der Waals surface area contributed by atoms with Gasteiger partial charge in [-0.15, -0.1) is 9.42 Å². The standard InChI is InChI=1S/C18H20ClN5O11P2/c19-16-22-13(20-6-10-4-2-1-3-5-10)11-14(23-16)24(8-21-11)15-12(25)18(27,28)17(26,35-15)7-34-37(31,32)9-33-36(29)30/h1-5,8,12,15,25-28H,6-7,9H2,(H2-,20,22,23,29,30,31,32)/p+1. The number of aromatic nitrogens is 4. The predicted octanol–water partition coefficient (Wildman–Crippen LogP) is 0.177. The van der Waals surface area contributed by atoms with Crippen molar-refractivity contribution in [3.05, 3.63) is 47.5 Å². The Labute approximate surface area is 213 Å². The fourth-order valence-electron chi connectivity index (χ4n) is 3.46. The van der Waals surface area contributed by atoms with E-state index in [1.165, 1.54) is 0 Å². The molecule has 4 rings (SSSR count). The number of hydrogen-bond acceptors (Lipinski definition) is 13. The van der Waals surface area contributed by atoms with Gasteiger partial charge in [-0.2, -0.15) is 9.97 Å². The number of halogens is 1. The summed E-state index contributed by atoms with van der Waals surface area (Å²) in [4.78, 5) is 30.6. The lowest BCUT2D eigenvalue weighted by molar-refractivity contribution is -0.353. The van der Waals surface area contributed by atoms with Crippen LogP contribution in [0.5, 0.6) is 0 Å². The number of nitrogens with one attached hydrogen (secondary N) is 1. The lowest BCUT2D eigenvalue weighted by atomic mass is 10.0. The van der Waals surface area contributed by atoms with Crippen molar-refractivity contribution in [1.82, 2.24) is 19.5 Å². The van der Waals surface area contributed by atoms with Crippen LogP contribution in [0.4, 0.5) is 5.82 Å². The Balaban J connectivity index is 1.58. The molecule has 3 aromatic rings. The molecule has 1 fully saturated rings. The lowest BCUT2D eigenvalue weighted by Gasteiger charge is -2.32. The quantitative estimate of drug-likeness (QED) is 0.0961. The molecule has 5 atom stereocenters. The van der Waals surface area contributed by atoms with Crippen LogP contribution in [0.2, 0.25) is 5.28 Å². The Kier molecular flexibility index (Phi) is 7.93. The van der Waals surface area contributed by atoms with Gasteiger partial charge in [0.25, 0.3) is 11.6 Å². The summed E-state index contributed by atoms with van der Waals surface area (Å²) in [6.07, 6.45) is -4.13. The molecule has 0 bridgehead atoms. The Morgan fingerprint density at radius 2 is 1.95 bits per heavy atom. The highest BCUT2D eigenvalue weighted by atomic mass is 35.5. The van der Waals surface area contributed by atoms with Crippen LogP contribution < -0.4 is 5.32 Å². The summed E-state index contributed by atoms with van der Waals surface area (Å²) < 4.78 is 37.5. The highest BCUT2D eigenvalue weighted by molar-refractivity contribution is 7.53. The van der Waals surface area contributed by atoms with E-state index in [-0.39, 0.29) is 22.3 Å². The molecule has 1 aliphatic heterocycles. The number of aliphatic hydroxyl groups excluding tert-OH is 1. The first-order valence-electron chi connectivity index (χ1n) is 10.3. The summed E-state index contributed by atoms with van der Waals surface area (Å²) in [5, 5.41) is 44.9. The number of fused-ring (bicyclic) bond motifs is 1. The highest BCUT2D eigenvalue weighted by Gasteiger charge is 2.66. The molecular formula is C18H21ClN5O11P2+. The molecule has 16 nitrogen and oxygen atoms in total. The van der Waals surface area contributed by atoms with Crippen molar-refractivity contribution < 1.29 is 53.1 Å². The molecule has 3 heterocycles. The number of imidazole rings is 1. The van der Waals surface area contributed by atoms with Crippen LogP contribution in [0.15, 0.2) is 36.7 Å². The number of hydrogen-bond donors (Lipinski definition) is 7. The van der Waals surface area contributed by atoms with E-state index in [9.17, 15) is 34.4 Å². The molecule has 200 valence electrons. The van der Waals surface area contributed by atoms with Gasteiger partial charge in [0.05, 0.1) is 6.33 Å². The SMILES string of the molecule is O=[P+](O)OCP(=O)(O)OCC1(O)OC(n2cnc3c(NCc4ccccc4)nc(Cl)nc32)C(O)C1(O)O. The molecule has 0 aliphatic carbocycles. The van der Waals surface area contributed by atoms with E-state index in [1.807, 2.05) is 30.3 Å². The molecule has 7 N–H and O–H groups in total. The van der Waals surface area contributed by atoms with Crippen LogP contribution in [-0.4, -0.2) is 80.4 Å². The van der Waals surface area contributed by atoms with Crippen LogP contribution in [0.1, 0.15) is 11.8 Å². The van der Waals surface area contributed by atoms with Crippen LogP contribution in [0.3, 0.4) is 0 Å². The predicted molar refractivity (Wildman–Crippen MR) is 124 cm³/mol. The lowest BCUT2D eigenvalue weighted by Crippen LogP contribution is -2.58. The maximum Gasteiger partial charge on any atom is 0.695 e. The molecule has 0 saturated carbocycles. The summed E-state index contributed by atoms with van der Waals surface area (Å²) in [7, 11) is -7.99. The average Bonchev–Trinajstić information content (AvgIpc) is 3.33. The van der Waals surface area contributed by atoms with E-state index in [1.54, 1.807) is 0 Å². The maximum absolute atomic E-state index is 12.0. The Morgan fingerprint density at radius 3 is 2.62 bits per heavy atom. The zero-order valence-corrected chi connectivity index (χ0v) is 21.1. The van der Waals surface area contributed by atoms with Crippen LogP contribution in [0.25, 0.3) is 11.2 Å². The molecule has 1 aromatic carbocycles. The Morgan fingerprint density at radius 1 is 1.24 bits per heavy atom. The van der Waals surface area contributed by atoms with E-state index >= 15 is 0 Å². The second-order valence-electron chi connectivity index (χ2n) is 7.88. The van der Waals surface area contributed by atoms with Gasteiger partial charge < -0.3 is 39.9 Å². The number of rotatable bonds is 10. The normalized spacial score (nSPS) is 25.2. The monoisotopic (exact) mass is 580 g/mol. The largest absolute Gasteiger partial charge is 0.695 e. The van der Waals surface area contributed by atoms with Crippen molar-refractivity contribution in [3.8, 4) is 0 Å². The summed E-state index contributed by atoms with van der Waals surface area (Å²) in [5.74, 6) is -6.37. The van der Waals surface area contributed by atoms with Crippen LogP contribution >= 0.6 is 27.5 Å². The van der Waals surface area contributed by atoms with Gasteiger partial charge >= 0.3 is 15.9 Å². The maximum atomic E-state index is 12.0. The van der Waals surface area contributed by atoms with Crippen LogP contribution in [-0.2, 0) is 29.5 Å². The molecule has 1 saturated heterocycles. The third-order valence-electron chi connectivity index (χ3n) is 5.34. The van der Waals surface area contributed by atoms with E-state index in [4.69, 9.17) is 21.2 Å². The van der Waals surface area contributed by atoms with Gasteiger partial charge in [-0.05, 0) is 17.2 Å². The number of aliphatic hydroxyl groups is 4. The minimum absolute atomic E-state index is 0.0199. The molecule has 2 aromatic heterocycles. The van der Waals surface area contributed by atoms with Gasteiger partial charge in [-0.25, -0.2) is 4.98 Å². The molecule has 0 amide bonds. The molecule has 0 spiro atoms. The van der Waals surface area contributed by atoms with Gasteiger partial charge in [0, 0.05) is 11.1 Å². The van der Waals surface area contributed by atoms with Crippen molar-refractivity contribution in [1.29, 1.82) is 0 Å². The van der Waals surface area contributed by atoms with Crippen LogP contribution in [0, 0.1) is 0 Å². The molecule has 37 heavy (non-hydrogen) atoms. The van der Waals surface area contributed by atoms with Gasteiger partial charge in [0.1, 0.15) is 6.61 Å². The number of anilines is 1. The Bertz CT molecular complexity index is 1350. The minimum Gasteiger partial charge on any atom is -0.383 e. The summed E-state index contributed by atoms with van der Waals surface area (Å²) in [6.45, 7) is -1.01. The topological polar surface area (TPSA) is 239 Å². The first-order valence-corrected chi connectivity index (χ1v) is 13.6. The minimum atomic E-state index is -4.76. The second kappa shape index (κ2) is 10.5. The summed E-state index contributed by atoms with van der Waals surface area (Å²) in [6, 6.07) is 9.31. The van der Waals surface area contributed by atoms with Gasteiger partial charge in [0.2, 0.25) is 11.6 Å². The van der Waals surface area contributed by atoms with Crippen molar-refractivity contribution in [3.63, 3.8) is 0 Å². The van der Waals surface area contributed by atoms with Crippen molar-refractivity contribution in [2.75, 3.05) is 18.3 Å². The second-order valence-corrected chi connectivity index (χ2v) is 10.7. The van der Waals surface area contributed by atoms with Crippen molar-refractivity contribution >= 4 is 44.4 Å². The molecule has 1 aliphatic rings. The first kappa shape index (κ1) is 27.9. The van der Waals surface area contributed by atoms with E-state index in [0.29, 0.717) is 6.54 Å². The van der Waals surface area contributed by atoms with E-state index < -0.39 is 52.7 Å². The highest BCUT2D eigenvalue weighted by Crippen LogP contribution is 2.49. The van der Waals surface area contributed by atoms with Crippen molar-refractivity contribution in [2.24, 2.45) is 0 Å². The van der Waals surface area contributed by atoms with Crippen molar-refractivity contribution in [2.45, 2.75) is 30.5 Å². The van der Waals surface area contributed by atoms with Gasteiger partial charge in [-0.3, -0.25) is 9.13 Å². The third-order valence-corrected chi connectivity index (χ3v) is 7.05. The van der Waals surface area contributed by atoms with E-state index in [0.717, 1.165) is 16.5 Å². The average molecular weight is 581 g/mol. The van der Waals surface area contributed by atoms with E-state index in [2.05, 4.69) is 29.3 Å². The number of ether oxygens (including phenoxy) is 1. The zero-order chi connectivity index (χ0) is 27.0. The van der Waals surface area contributed by atoms with Gasteiger partial charge in [-0.1, -0.05) is 30.3 Å². The number of benzene rings is 1.